The van der Waals surface area contributed by atoms with E-state index in [4.69, 9.17) is 0 Å². The van der Waals surface area contributed by atoms with Gasteiger partial charge in [0.2, 0.25) is 0 Å². The molecule has 4 nitrogen and oxygen atoms in total. The van der Waals surface area contributed by atoms with Crippen molar-refractivity contribution in [2.75, 3.05) is 7.05 Å². The van der Waals surface area contributed by atoms with E-state index < -0.39 is 0 Å². The summed E-state index contributed by atoms with van der Waals surface area (Å²) in [5.74, 6) is -0.130. The summed E-state index contributed by atoms with van der Waals surface area (Å²) >= 11 is 0. The van der Waals surface area contributed by atoms with Crippen LogP contribution in [0, 0.1) is 0 Å². The number of aromatic nitrogens is 1. The quantitative estimate of drug-likeness (QED) is 0.637. The third-order valence-electron chi connectivity index (χ3n) is 2.14. The van der Waals surface area contributed by atoms with Gasteiger partial charge in [-0.2, -0.15) is 0 Å². The summed E-state index contributed by atoms with van der Waals surface area (Å²) in [6.07, 6.45) is 0. The van der Waals surface area contributed by atoms with Gasteiger partial charge in [-0.25, -0.2) is 4.98 Å². The zero-order valence-corrected chi connectivity index (χ0v) is 7.42. The molecular formula is C9H11N3O. The van der Waals surface area contributed by atoms with Crippen LogP contribution in [-0.4, -0.2) is 17.9 Å². The van der Waals surface area contributed by atoms with Crippen LogP contribution in [0.4, 0.5) is 0 Å². The summed E-state index contributed by atoms with van der Waals surface area (Å²) < 4.78 is 0. The van der Waals surface area contributed by atoms with Gasteiger partial charge in [-0.05, 0) is 11.6 Å². The minimum absolute atomic E-state index is 0.130. The van der Waals surface area contributed by atoms with Crippen LogP contribution in [0.25, 0.3) is 0 Å². The number of pyridine rings is 1. The molecular weight excluding hydrogens is 166 g/mol. The zero-order chi connectivity index (χ0) is 9.26. The molecule has 1 amide bonds. The van der Waals surface area contributed by atoms with Crippen molar-refractivity contribution in [3.63, 3.8) is 0 Å². The smallest absolute Gasteiger partial charge is 0.269 e. The Hall–Kier alpha value is -1.42. The second-order valence-electron chi connectivity index (χ2n) is 2.98. The lowest BCUT2D eigenvalue weighted by atomic mass is 10.2. The summed E-state index contributed by atoms with van der Waals surface area (Å²) in [5, 5.41) is 5.73. The minimum atomic E-state index is -0.130. The zero-order valence-electron chi connectivity index (χ0n) is 7.42. The number of hydrogen-bond donors (Lipinski definition) is 2. The largest absolute Gasteiger partial charge is 0.354 e. The maximum atomic E-state index is 11.2. The Bertz CT molecular complexity index is 349. The fourth-order valence-electron chi connectivity index (χ4n) is 1.41. The van der Waals surface area contributed by atoms with E-state index in [1.165, 1.54) is 5.56 Å². The van der Waals surface area contributed by atoms with E-state index in [9.17, 15) is 4.79 Å². The first-order chi connectivity index (χ1) is 6.31. The maximum absolute atomic E-state index is 11.2. The van der Waals surface area contributed by atoms with Crippen molar-refractivity contribution in [1.82, 2.24) is 15.6 Å². The summed E-state index contributed by atoms with van der Waals surface area (Å²) in [7, 11) is 1.61. The number of hydrogen-bond acceptors (Lipinski definition) is 3. The number of fused-ring (bicyclic) bond motifs is 1. The average Bonchev–Trinajstić information content (AvgIpc) is 2.63. The Morgan fingerprint density at radius 2 is 2.38 bits per heavy atom. The Labute approximate surface area is 76.4 Å². The first-order valence-electron chi connectivity index (χ1n) is 4.23. The molecule has 1 aromatic heterocycles. The second-order valence-corrected chi connectivity index (χ2v) is 2.98. The van der Waals surface area contributed by atoms with Gasteiger partial charge in [-0.1, -0.05) is 6.07 Å². The number of carbonyl (C=O) groups is 1. The molecule has 0 spiro atoms. The molecule has 1 aliphatic rings. The lowest BCUT2D eigenvalue weighted by Gasteiger charge is -2.01. The molecule has 0 aliphatic carbocycles. The van der Waals surface area contributed by atoms with Crippen LogP contribution in [0.2, 0.25) is 0 Å². The van der Waals surface area contributed by atoms with Gasteiger partial charge in [0.25, 0.3) is 5.91 Å². The average molecular weight is 177 g/mol. The third-order valence-corrected chi connectivity index (χ3v) is 2.14. The Kier molecular flexibility index (Phi) is 1.98. The lowest BCUT2D eigenvalue weighted by Crippen LogP contribution is -2.19. The van der Waals surface area contributed by atoms with E-state index >= 15 is 0 Å². The van der Waals surface area contributed by atoms with Crippen molar-refractivity contribution in [3.05, 3.63) is 29.1 Å². The van der Waals surface area contributed by atoms with Gasteiger partial charge in [0.05, 0.1) is 5.69 Å². The molecule has 0 fully saturated rings. The van der Waals surface area contributed by atoms with Crippen LogP contribution in [0.3, 0.4) is 0 Å². The van der Waals surface area contributed by atoms with E-state index in [0.29, 0.717) is 5.69 Å². The van der Waals surface area contributed by atoms with Crippen molar-refractivity contribution in [2.45, 2.75) is 13.1 Å². The molecule has 0 aromatic carbocycles. The van der Waals surface area contributed by atoms with E-state index in [1.807, 2.05) is 6.07 Å². The van der Waals surface area contributed by atoms with E-state index in [-0.39, 0.29) is 5.91 Å². The van der Waals surface area contributed by atoms with Gasteiger partial charge in [0.1, 0.15) is 5.69 Å². The first kappa shape index (κ1) is 8.19. The Balaban J connectivity index is 2.36. The Morgan fingerprint density at radius 3 is 3.15 bits per heavy atom. The van der Waals surface area contributed by atoms with Gasteiger partial charge in [-0.3, -0.25) is 4.79 Å². The fraction of sp³-hybridized carbons (Fsp3) is 0.333. The van der Waals surface area contributed by atoms with E-state index in [0.717, 1.165) is 18.8 Å². The molecule has 0 unspecified atom stereocenters. The molecule has 0 saturated carbocycles. The number of amides is 1. The highest BCUT2D eigenvalue weighted by atomic mass is 16.1. The van der Waals surface area contributed by atoms with Crippen molar-refractivity contribution < 1.29 is 4.79 Å². The Morgan fingerprint density at radius 1 is 1.54 bits per heavy atom. The van der Waals surface area contributed by atoms with Gasteiger partial charge in [0, 0.05) is 20.1 Å². The van der Waals surface area contributed by atoms with Crippen LogP contribution < -0.4 is 10.6 Å². The molecule has 2 N–H and O–H groups in total. The normalized spacial score (nSPS) is 13.9. The van der Waals surface area contributed by atoms with Crippen LogP contribution in [0.15, 0.2) is 12.1 Å². The highest BCUT2D eigenvalue weighted by molar-refractivity contribution is 5.92. The molecule has 2 rings (SSSR count). The van der Waals surface area contributed by atoms with Crippen molar-refractivity contribution >= 4 is 5.91 Å². The minimum Gasteiger partial charge on any atom is -0.354 e. The van der Waals surface area contributed by atoms with Crippen LogP contribution >= 0.6 is 0 Å². The summed E-state index contributed by atoms with van der Waals surface area (Å²) in [5.41, 5.74) is 2.67. The van der Waals surface area contributed by atoms with Gasteiger partial charge in [0.15, 0.2) is 0 Å². The van der Waals surface area contributed by atoms with Crippen LogP contribution in [0.1, 0.15) is 21.7 Å². The van der Waals surface area contributed by atoms with Crippen LogP contribution in [-0.2, 0) is 13.1 Å². The van der Waals surface area contributed by atoms with E-state index in [1.54, 1.807) is 13.1 Å². The molecule has 0 radical (unpaired) electrons. The maximum Gasteiger partial charge on any atom is 0.269 e. The second kappa shape index (κ2) is 3.14. The van der Waals surface area contributed by atoms with Crippen molar-refractivity contribution in [2.24, 2.45) is 0 Å². The SMILES string of the molecule is CNC(=O)c1ccc2c(n1)CNC2. The van der Waals surface area contributed by atoms with Crippen LogP contribution in [0.5, 0.6) is 0 Å². The van der Waals surface area contributed by atoms with Crippen molar-refractivity contribution in [1.29, 1.82) is 0 Å². The number of carbonyl (C=O) groups excluding carboxylic acids is 1. The fourth-order valence-corrected chi connectivity index (χ4v) is 1.41. The molecule has 68 valence electrons. The first-order valence-corrected chi connectivity index (χ1v) is 4.23. The monoisotopic (exact) mass is 177 g/mol. The summed E-state index contributed by atoms with van der Waals surface area (Å²) in [4.78, 5) is 15.5. The predicted octanol–water partition coefficient (Wildman–Crippen LogP) is 0.0444. The number of rotatable bonds is 1. The number of nitrogens with zero attached hydrogens (tertiary/aromatic N) is 1. The highest BCUT2D eigenvalue weighted by Crippen LogP contribution is 2.12. The van der Waals surface area contributed by atoms with E-state index in [2.05, 4.69) is 15.6 Å². The van der Waals surface area contributed by atoms with Gasteiger partial charge >= 0.3 is 0 Å². The molecule has 2 heterocycles. The van der Waals surface area contributed by atoms with Gasteiger partial charge in [-0.15, -0.1) is 0 Å². The molecule has 13 heavy (non-hydrogen) atoms. The highest BCUT2D eigenvalue weighted by Gasteiger charge is 2.13. The summed E-state index contributed by atoms with van der Waals surface area (Å²) in [6.45, 7) is 1.62. The molecule has 1 aromatic rings. The summed E-state index contributed by atoms with van der Waals surface area (Å²) in [6, 6.07) is 3.71. The molecule has 0 bridgehead atoms. The van der Waals surface area contributed by atoms with Gasteiger partial charge < -0.3 is 10.6 Å². The molecule has 1 aliphatic heterocycles. The molecule has 0 atom stereocenters. The number of nitrogens with one attached hydrogen (secondary N) is 2. The predicted molar refractivity (Wildman–Crippen MR) is 48.2 cm³/mol. The topological polar surface area (TPSA) is 54.0 Å². The third kappa shape index (κ3) is 1.40. The standard InChI is InChI=1S/C9H11N3O/c1-10-9(13)7-3-2-6-4-11-5-8(6)12-7/h2-3,11H,4-5H2,1H3,(H,10,13). The lowest BCUT2D eigenvalue weighted by molar-refractivity contribution is 0.0958. The molecule has 4 heteroatoms. The molecule has 0 saturated heterocycles. The van der Waals surface area contributed by atoms with Crippen molar-refractivity contribution in [3.8, 4) is 0 Å².